The first-order chi connectivity index (χ1) is 7.59. The molecule has 0 aliphatic heterocycles. The summed E-state index contributed by atoms with van der Waals surface area (Å²) >= 11 is 0. The lowest BCUT2D eigenvalue weighted by molar-refractivity contribution is 0.000696. The molecule has 0 saturated carbocycles. The van der Waals surface area contributed by atoms with Crippen molar-refractivity contribution in [3.05, 3.63) is 29.8 Å². The van der Waals surface area contributed by atoms with Gasteiger partial charge in [0.1, 0.15) is 6.07 Å². The zero-order valence-electron chi connectivity index (χ0n) is 10.1. The van der Waals surface area contributed by atoms with Gasteiger partial charge in [0.25, 0.3) is 0 Å². The molecule has 0 radical (unpaired) electrons. The molecule has 0 unspecified atom stereocenters. The molecule has 16 heavy (non-hydrogen) atoms. The number of hydrogen-bond acceptors (Lipinski definition) is 3. The van der Waals surface area contributed by atoms with Crippen molar-refractivity contribution in [1.82, 2.24) is 0 Å². The van der Waals surface area contributed by atoms with Crippen molar-refractivity contribution in [2.75, 3.05) is 18.5 Å². The minimum Gasteiger partial charge on any atom is -0.381 e. The molecule has 0 spiro atoms. The van der Waals surface area contributed by atoms with Gasteiger partial charge in [-0.15, -0.1) is 0 Å². The van der Waals surface area contributed by atoms with E-state index in [1.807, 2.05) is 39.0 Å². The molecule has 3 nitrogen and oxygen atoms in total. The summed E-state index contributed by atoms with van der Waals surface area (Å²) in [5.41, 5.74) is 1.30. The van der Waals surface area contributed by atoms with Crippen molar-refractivity contribution >= 4 is 5.69 Å². The zero-order chi connectivity index (χ0) is 12.0. The second-order valence-corrected chi connectivity index (χ2v) is 4.20. The molecule has 1 aromatic rings. The molecule has 0 bridgehead atoms. The lowest BCUT2D eigenvalue weighted by Gasteiger charge is -2.25. The van der Waals surface area contributed by atoms with Crippen molar-refractivity contribution in [3.8, 4) is 6.07 Å². The Morgan fingerprint density at radius 1 is 1.38 bits per heavy atom. The molecule has 0 fully saturated rings. The molecule has 0 aliphatic carbocycles. The number of nitrogens with zero attached hydrogens (tertiary/aromatic N) is 1. The quantitative estimate of drug-likeness (QED) is 0.826. The number of ether oxygens (including phenoxy) is 1. The highest BCUT2D eigenvalue weighted by molar-refractivity contribution is 5.57. The van der Waals surface area contributed by atoms with E-state index in [-0.39, 0.29) is 5.60 Å². The van der Waals surface area contributed by atoms with Gasteiger partial charge in [0.15, 0.2) is 0 Å². The summed E-state index contributed by atoms with van der Waals surface area (Å²) in [6.45, 7) is 7.40. The van der Waals surface area contributed by atoms with E-state index in [1.165, 1.54) is 0 Å². The van der Waals surface area contributed by atoms with Crippen LogP contribution in [0.2, 0.25) is 0 Å². The number of nitriles is 1. The first kappa shape index (κ1) is 12.5. The molecule has 0 atom stereocenters. The lowest BCUT2D eigenvalue weighted by Crippen LogP contribution is -2.33. The van der Waals surface area contributed by atoms with Crippen LogP contribution < -0.4 is 5.32 Å². The minimum absolute atomic E-state index is 0.225. The molecule has 3 heteroatoms. The fraction of sp³-hybridized carbons (Fsp3) is 0.462. The van der Waals surface area contributed by atoms with Crippen molar-refractivity contribution in [3.63, 3.8) is 0 Å². The molecule has 86 valence electrons. The normalized spacial score (nSPS) is 10.9. The first-order valence-corrected chi connectivity index (χ1v) is 5.46. The van der Waals surface area contributed by atoms with Crippen LogP contribution in [0.5, 0.6) is 0 Å². The summed E-state index contributed by atoms with van der Waals surface area (Å²) in [6, 6.07) is 9.64. The summed E-state index contributed by atoms with van der Waals surface area (Å²) in [7, 11) is 0. The summed E-state index contributed by atoms with van der Waals surface area (Å²) in [4.78, 5) is 0. The van der Waals surface area contributed by atoms with Crippen LogP contribution in [-0.4, -0.2) is 18.8 Å². The van der Waals surface area contributed by atoms with Crippen LogP contribution >= 0.6 is 0 Å². The van der Waals surface area contributed by atoms with Crippen LogP contribution in [0.1, 0.15) is 26.3 Å². The first-order valence-electron chi connectivity index (χ1n) is 5.46. The van der Waals surface area contributed by atoms with E-state index >= 15 is 0 Å². The largest absolute Gasteiger partial charge is 0.381 e. The maximum absolute atomic E-state index is 8.93. The Morgan fingerprint density at radius 3 is 2.69 bits per heavy atom. The van der Waals surface area contributed by atoms with Gasteiger partial charge in [-0.3, -0.25) is 0 Å². The number of anilines is 1. The van der Waals surface area contributed by atoms with Gasteiger partial charge in [-0.2, -0.15) is 5.26 Å². The Labute approximate surface area is 97.0 Å². The fourth-order valence-electron chi connectivity index (χ4n) is 1.48. The Hall–Kier alpha value is -1.53. The van der Waals surface area contributed by atoms with Gasteiger partial charge >= 0.3 is 0 Å². The van der Waals surface area contributed by atoms with E-state index in [0.717, 1.165) is 5.69 Å². The summed E-state index contributed by atoms with van der Waals surface area (Å²) in [5, 5.41) is 12.2. The number of benzene rings is 1. The van der Waals surface area contributed by atoms with Gasteiger partial charge in [0.2, 0.25) is 0 Å². The van der Waals surface area contributed by atoms with Crippen LogP contribution in [0.25, 0.3) is 0 Å². The van der Waals surface area contributed by atoms with E-state index < -0.39 is 0 Å². The van der Waals surface area contributed by atoms with E-state index in [1.54, 1.807) is 6.07 Å². The minimum atomic E-state index is -0.225. The van der Waals surface area contributed by atoms with Crippen LogP contribution in [-0.2, 0) is 4.74 Å². The van der Waals surface area contributed by atoms with Crippen molar-refractivity contribution < 1.29 is 4.74 Å². The molecule has 0 aliphatic rings. The third-order valence-electron chi connectivity index (χ3n) is 2.29. The van der Waals surface area contributed by atoms with Gasteiger partial charge in [-0.05, 0) is 32.9 Å². The van der Waals surface area contributed by atoms with Gasteiger partial charge < -0.3 is 10.1 Å². The maximum atomic E-state index is 8.93. The van der Waals surface area contributed by atoms with E-state index in [9.17, 15) is 0 Å². The molecular weight excluding hydrogens is 200 g/mol. The van der Waals surface area contributed by atoms with Gasteiger partial charge in [0.05, 0.1) is 16.9 Å². The average Bonchev–Trinajstić information content (AvgIpc) is 2.27. The van der Waals surface area contributed by atoms with E-state index in [0.29, 0.717) is 18.7 Å². The summed E-state index contributed by atoms with van der Waals surface area (Å²) < 4.78 is 5.58. The number of rotatable bonds is 5. The monoisotopic (exact) mass is 218 g/mol. The second-order valence-electron chi connectivity index (χ2n) is 4.20. The molecule has 0 aromatic heterocycles. The molecule has 1 aromatic carbocycles. The fourth-order valence-corrected chi connectivity index (χ4v) is 1.48. The highest BCUT2D eigenvalue weighted by Gasteiger charge is 2.17. The van der Waals surface area contributed by atoms with Crippen LogP contribution in [0, 0.1) is 11.3 Å². The zero-order valence-corrected chi connectivity index (χ0v) is 10.1. The van der Waals surface area contributed by atoms with Crippen LogP contribution in [0.3, 0.4) is 0 Å². The smallest absolute Gasteiger partial charge is 0.101 e. The average molecular weight is 218 g/mol. The van der Waals surface area contributed by atoms with E-state index in [4.69, 9.17) is 10.00 Å². The third kappa shape index (κ3) is 3.56. The predicted octanol–water partition coefficient (Wildman–Crippen LogP) is 2.79. The van der Waals surface area contributed by atoms with E-state index in [2.05, 4.69) is 11.4 Å². The standard InChI is InChI=1S/C13H18N2O/c1-4-16-13(2,3)10-15-12-8-6-5-7-11(12)9-14/h5-8,15H,4,10H2,1-3H3. The van der Waals surface area contributed by atoms with Crippen molar-refractivity contribution in [1.29, 1.82) is 5.26 Å². The van der Waals surface area contributed by atoms with Crippen molar-refractivity contribution in [2.24, 2.45) is 0 Å². The number of nitrogens with one attached hydrogen (secondary N) is 1. The Bertz CT molecular complexity index is 380. The SMILES string of the molecule is CCOC(C)(C)CNc1ccccc1C#N. The lowest BCUT2D eigenvalue weighted by atomic mass is 10.1. The third-order valence-corrected chi connectivity index (χ3v) is 2.29. The topological polar surface area (TPSA) is 45.0 Å². The maximum Gasteiger partial charge on any atom is 0.101 e. The highest BCUT2D eigenvalue weighted by atomic mass is 16.5. The molecule has 1 N–H and O–H groups in total. The Balaban J connectivity index is 2.65. The predicted molar refractivity (Wildman–Crippen MR) is 65.4 cm³/mol. The Morgan fingerprint density at radius 2 is 2.06 bits per heavy atom. The molecule has 0 saturated heterocycles. The van der Waals surface area contributed by atoms with Gasteiger partial charge in [0, 0.05) is 13.2 Å². The highest BCUT2D eigenvalue weighted by Crippen LogP contribution is 2.16. The molecular formula is C13H18N2O. The summed E-state index contributed by atoms with van der Waals surface area (Å²) in [5.74, 6) is 0. The number of hydrogen-bond donors (Lipinski definition) is 1. The molecule has 1 rings (SSSR count). The van der Waals surface area contributed by atoms with Gasteiger partial charge in [-0.1, -0.05) is 12.1 Å². The summed E-state index contributed by atoms with van der Waals surface area (Å²) in [6.07, 6.45) is 0. The van der Waals surface area contributed by atoms with Crippen LogP contribution in [0.4, 0.5) is 5.69 Å². The second kappa shape index (κ2) is 5.53. The van der Waals surface area contributed by atoms with Crippen molar-refractivity contribution in [2.45, 2.75) is 26.4 Å². The molecule has 0 heterocycles. The van der Waals surface area contributed by atoms with Gasteiger partial charge in [-0.25, -0.2) is 0 Å². The molecule has 0 amide bonds. The number of para-hydroxylation sites is 1. The van der Waals surface area contributed by atoms with Crippen LogP contribution in [0.15, 0.2) is 24.3 Å². The Kier molecular flexibility index (Phi) is 4.33.